The highest BCUT2D eigenvalue weighted by Crippen LogP contribution is 2.36. The highest BCUT2D eigenvalue weighted by atomic mass is 32.1. The number of hydrogen-bond donors (Lipinski definition) is 2. The van der Waals surface area contributed by atoms with E-state index in [0.717, 1.165) is 32.0 Å². The zero-order chi connectivity index (χ0) is 23.2. The first kappa shape index (κ1) is 21.6. The molecule has 0 radical (unpaired) electrons. The van der Waals surface area contributed by atoms with E-state index >= 15 is 0 Å². The van der Waals surface area contributed by atoms with Crippen LogP contribution in [0.3, 0.4) is 0 Å². The van der Waals surface area contributed by atoms with Crippen LogP contribution in [0.25, 0.3) is 22.0 Å². The van der Waals surface area contributed by atoms with Gasteiger partial charge >= 0.3 is 0 Å². The Labute approximate surface area is 199 Å². The van der Waals surface area contributed by atoms with E-state index in [1.54, 1.807) is 35.5 Å². The molecule has 1 aromatic carbocycles. The second-order valence-corrected chi connectivity index (χ2v) is 10.1. The van der Waals surface area contributed by atoms with Crippen molar-refractivity contribution in [3.05, 3.63) is 58.0 Å². The van der Waals surface area contributed by atoms with Crippen molar-refractivity contribution >= 4 is 39.7 Å². The van der Waals surface area contributed by atoms with Crippen LogP contribution in [0.4, 0.5) is 11.1 Å². The highest BCUT2D eigenvalue weighted by molar-refractivity contribution is 7.15. The van der Waals surface area contributed by atoms with Gasteiger partial charge in [-0.15, -0.1) is 22.7 Å². The van der Waals surface area contributed by atoms with Crippen LogP contribution in [-0.4, -0.2) is 49.4 Å². The summed E-state index contributed by atoms with van der Waals surface area (Å²) in [4.78, 5) is 33.3. The maximum atomic E-state index is 12.5. The molecule has 1 fully saturated rings. The van der Waals surface area contributed by atoms with Crippen LogP contribution in [0.5, 0.6) is 0 Å². The molecule has 0 bridgehead atoms. The monoisotopic (exact) mass is 478 g/mol. The Bertz CT molecular complexity index is 1330. The van der Waals surface area contributed by atoms with Crippen LogP contribution in [0.15, 0.2) is 41.9 Å². The van der Waals surface area contributed by atoms with Gasteiger partial charge in [-0.1, -0.05) is 18.2 Å². The number of likely N-dealkylation sites (N-methyl/N-ethyl adjacent to an activating group) is 1. The van der Waals surface area contributed by atoms with Gasteiger partial charge in [-0.2, -0.15) is 0 Å². The number of hydrogen-bond acceptors (Lipinski definition) is 9. The van der Waals surface area contributed by atoms with E-state index < -0.39 is 5.60 Å². The molecule has 3 aromatic heterocycles. The van der Waals surface area contributed by atoms with Crippen molar-refractivity contribution in [3.8, 4) is 22.0 Å². The normalized spacial score (nSPS) is 18.2. The molecule has 1 aliphatic heterocycles. The number of nitrogens with one attached hydrogen (secondary N) is 1. The maximum absolute atomic E-state index is 12.5. The molecule has 1 unspecified atom stereocenters. The van der Waals surface area contributed by atoms with Gasteiger partial charge in [0.2, 0.25) is 5.95 Å². The Morgan fingerprint density at radius 2 is 2.00 bits per heavy atom. The minimum absolute atomic E-state index is 0.272. The Morgan fingerprint density at radius 3 is 2.73 bits per heavy atom. The Kier molecular flexibility index (Phi) is 5.43. The van der Waals surface area contributed by atoms with Gasteiger partial charge in [0.25, 0.3) is 5.91 Å². The number of carbonyl (C=O) groups is 1. The van der Waals surface area contributed by atoms with E-state index in [1.165, 1.54) is 11.3 Å². The lowest BCUT2D eigenvalue weighted by Gasteiger charge is -2.21. The Morgan fingerprint density at radius 1 is 1.15 bits per heavy atom. The third-order valence-electron chi connectivity index (χ3n) is 5.77. The van der Waals surface area contributed by atoms with Crippen molar-refractivity contribution in [2.24, 2.45) is 0 Å². The molecule has 5 rings (SSSR count). The number of carbonyl (C=O) groups excluding carboxylic acids is 1. The largest absolute Gasteiger partial charge is 0.375 e. The fraction of sp³-hybridized carbons (Fsp3) is 0.261. The molecule has 4 aromatic rings. The molecular formula is C23H22N6O2S2. The highest BCUT2D eigenvalue weighted by Gasteiger charge is 2.45. The van der Waals surface area contributed by atoms with E-state index in [9.17, 15) is 9.90 Å². The molecule has 0 spiro atoms. The molecule has 1 atom stereocenters. The van der Waals surface area contributed by atoms with Crippen LogP contribution in [-0.2, 0) is 10.4 Å². The topological polar surface area (TPSA) is 104 Å². The van der Waals surface area contributed by atoms with Gasteiger partial charge in [-0.25, -0.2) is 19.9 Å². The van der Waals surface area contributed by atoms with Crippen LogP contribution >= 0.6 is 22.7 Å². The van der Waals surface area contributed by atoms with Crippen molar-refractivity contribution in [2.75, 3.05) is 18.9 Å². The number of likely N-dealkylation sites (tertiary alicyclic amines) is 1. The van der Waals surface area contributed by atoms with Crippen molar-refractivity contribution < 1.29 is 9.90 Å². The number of aryl methyl sites for hydroxylation is 2. The van der Waals surface area contributed by atoms with Gasteiger partial charge < -0.3 is 15.3 Å². The molecule has 4 heterocycles. The van der Waals surface area contributed by atoms with Gasteiger partial charge in [0.05, 0.1) is 11.4 Å². The molecular weight excluding hydrogens is 456 g/mol. The minimum atomic E-state index is -1.48. The van der Waals surface area contributed by atoms with E-state index in [-0.39, 0.29) is 5.91 Å². The molecule has 168 valence electrons. The summed E-state index contributed by atoms with van der Waals surface area (Å²) in [5.41, 5.74) is 2.37. The number of rotatable bonds is 5. The number of benzene rings is 1. The van der Waals surface area contributed by atoms with Crippen LogP contribution in [0, 0.1) is 13.8 Å². The quantitative estimate of drug-likeness (QED) is 0.444. The zero-order valence-electron chi connectivity index (χ0n) is 18.4. The zero-order valence-corrected chi connectivity index (χ0v) is 20.0. The van der Waals surface area contributed by atoms with Crippen molar-refractivity contribution in [1.82, 2.24) is 24.8 Å². The third-order valence-corrected chi connectivity index (χ3v) is 7.65. The molecule has 10 heteroatoms. The SMILES string of the molecule is Cc1nc(Nc2nccc(-c3csc(-c4cccc(C5(O)CCN(C)C5=O)c4)n3)n2)sc1C. The average Bonchev–Trinajstić information content (AvgIpc) is 3.50. The Hall–Kier alpha value is -3.21. The summed E-state index contributed by atoms with van der Waals surface area (Å²) in [6, 6.07) is 9.23. The van der Waals surface area contributed by atoms with Crippen LogP contribution in [0.1, 0.15) is 22.6 Å². The summed E-state index contributed by atoms with van der Waals surface area (Å²) in [5, 5.41) is 17.6. The van der Waals surface area contributed by atoms with Gasteiger partial charge in [0, 0.05) is 42.0 Å². The first-order chi connectivity index (χ1) is 15.8. The maximum Gasteiger partial charge on any atom is 0.258 e. The predicted molar refractivity (Wildman–Crippen MR) is 130 cm³/mol. The molecule has 2 N–H and O–H groups in total. The first-order valence-electron chi connectivity index (χ1n) is 10.4. The lowest BCUT2D eigenvalue weighted by atomic mass is 9.91. The summed E-state index contributed by atoms with van der Waals surface area (Å²) >= 11 is 3.05. The second kappa shape index (κ2) is 8.29. The van der Waals surface area contributed by atoms with E-state index in [1.807, 2.05) is 43.5 Å². The molecule has 33 heavy (non-hydrogen) atoms. The smallest absolute Gasteiger partial charge is 0.258 e. The van der Waals surface area contributed by atoms with Crippen molar-refractivity contribution in [3.63, 3.8) is 0 Å². The number of aromatic nitrogens is 4. The van der Waals surface area contributed by atoms with Crippen molar-refractivity contribution in [2.45, 2.75) is 25.9 Å². The minimum Gasteiger partial charge on any atom is -0.375 e. The summed E-state index contributed by atoms with van der Waals surface area (Å²) in [7, 11) is 1.71. The third kappa shape index (κ3) is 4.01. The van der Waals surface area contributed by atoms with Gasteiger partial charge in [-0.05, 0) is 31.5 Å². The predicted octanol–water partition coefficient (Wildman–Crippen LogP) is 4.13. The molecule has 0 saturated carbocycles. The summed E-state index contributed by atoms with van der Waals surface area (Å²) in [5.74, 6) is 0.190. The number of nitrogens with zero attached hydrogens (tertiary/aromatic N) is 5. The Balaban J connectivity index is 1.41. The number of anilines is 2. The fourth-order valence-corrected chi connectivity index (χ4v) is 5.36. The molecule has 8 nitrogen and oxygen atoms in total. The molecule has 1 amide bonds. The lowest BCUT2D eigenvalue weighted by Crippen LogP contribution is -2.36. The second-order valence-electron chi connectivity index (χ2n) is 8.01. The van der Waals surface area contributed by atoms with E-state index in [2.05, 4.69) is 20.3 Å². The summed E-state index contributed by atoms with van der Waals surface area (Å²) in [6.07, 6.45) is 2.07. The standard InChI is InChI=1S/C23H22N6O2S2/c1-13-14(2)33-22(25-13)28-21-24-9-7-17(27-21)18-12-32-19(26-18)15-5-4-6-16(11-15)23(31)8-10-29(3)20(23)30/h4-7,9,11-12,31H,8,10H2,1-3H3,(H,24,25,27,28). The molecule has 1 saturated heterocycles. The molecule has 0 aliphatic carbocycles. The van der Waals surface area contributed by atoms with Gasteiger partial charge in [0.1, 0.15) is 10.7 Å². The first-order valence-corrected chi connectivity index (χ1v) is 12.1. The fourth-order valence-electron chi connectivity index (χ4n) is 3.74. The number of aliphatic hydroxyl groups is 1. The van der Waals surface area contributed by atoms with E-state index in [4.69, 9.17) is 4.98 Å². The molecule has 1 aliphatic rings. The van der Waals surface area contributed by atoms with Crippen molar-refractivity contribution in [1.29, 1.82) is 0 Å². The van der Waals surface area contributed by atoms with E-state index in [0.29, 0.717) is 30.2 Å². The summed E-state index contributed by atoms with van der Waals surface area (Å²) < 4.78 is 0. The van der Waals surface area contributed by atoms with Crippen LogP contribution in [0.2, 0.25) is 0 Å². The number of thiazole rings is 2. The van der Waals surface area contributed by atoms with Crippen LogP contribution < -0.4 is 5.32 Å². The summed E-state index contributed by atoms with van der Waals surface area (Å²) in [6.45, 7) is 4.53. The lowest BCUT2D eigenvalue weighted by molar-refractivity contribution is -0.143. The van der Waals surface area contributed by atoms with Gasteiger partial charge in [-0.3, -0.25) is 4.79 Å². The van der Waals surface area contributed by atoms with Gasteiger partial charge in [0.15, 0.2) is 10.7 Å². The number of amides is 1. The average molecular weight is 479 g/mol.